The molecule has 0 aromatic carbocycles. The summed E-state index contributed by atoms with van der Waals surface area (Å²) < 4.78 is 0.195. The van der Waals surface area contributed by atoms with Crippen LogP contribution in [0.4, 0.5) is 0 Å². The Kier molecular flexibility index (Phi) is 13.6. The van der Waals surface area contributed by atoms with Gasteiger partial charge in [0.2, 0.25) is 0 Å². The first-order valence-electron chi connectivity index (χ1n) is 8.95. The second kappa shape index (κ2) is 13.5. The van der Waals surface area contributed by atoms with Crippen LogP contribution in [0.2, 0.25) is 0 Å². The van der Waals surface area contributed by atoms with Gasteiger partial charge < -0.3 is 20.4 Å². The highest BCUT2D eigenvalue weighted by atomic mass is 127. The molecule has 0 aliphatic carbocycles. The van der Waals surface area contributed by atoms with E-state index in [0.29, 0.717) is 0 Å². The zero-order valence-electron chi connectivity index (χ0n) is 16.2. The van der Waals surface area contributed by atoms with Gasteiger partial charge in [0.15, 0.2) is 5.96 Å². The van der Waals surface area contributed by atoms with E-state index < -0.39 is 0 Å². The van der Waals surface area contributed by atoms with Gasteiger partial charge in [-0.2, -0.15) is 11.8 Å². The zero-order valence-corrected chi connectivity index (χ0v) is 19.4. The third kappa shape index (κ3) is 11.0. The maximum atomic E-state index is 4.72. The van der Waals surface area contributed by atoms with Gasteiger partial charge in [-0.1, -0.05) is 0 Å². The molecule has 1 heterocycles. The zero-order chi connectivity index (χ0) is 17.1. The number of nitrogens with zero attached hydrogens (tertiary/aromatic N) is 3. The second-order valence-electron chi connectivity index (χ2n) is 6.94. The number of thioether (sulfide) groups is 1. The number of hydrogen-bond donors (Lipinski definition) is 2. The molecule has 0 saturated carbocycles. The van der Waals surface area contributed by atoms with Crippen LogP contribution in [0.3, 0.4) is 0 Å². The van der Waals surface area contributed by atoms with Gasteiger partial charge in [0.25, 0.3) is 0 Å². The molecule has 1 fully saturated rings. The summed E-state index contributed by atoms with van der Waals surface area (Å²) in [6.45, 7) is 15.4. The minimum atomic E-state index is 0. The molecule has 1 rings (SSSR count). The first kappa shape index (κ1) is 24.3. The number of guanidine groups is 1. The van der Waals surface area contributed by atoms with E-state index in [1.165, 1.54) is 45.6 Å². The number of nitrogens with one attached hydrogen (secondary N) is 2. The summed E-state index contributed by atoms with van der Waals surface area (Å²) in [4.78, 5) is 9.74. The molecule has 1 aliphatic rings. The van der Waals surface area contributed by atoms with Crippen molar-refractivity contribution < 1.29 is 0 Å². The van der Waals surface area contributed by atoms with Crippen molar-refractivity contribution in [2.24, 2.45) is 4.99 Å². The number of rotatable bonds is 8. The monoisotopic (exact) mass is 471 g/mol. The van der Waals surface area contributed by atoms with Crippen LogP contribution in [0.1, 0.15) is 33.6 Å². The van der Waals surface area contributed by atoms with Crippen LogP contribution in [-0.4, -0.2) is 86.2 Å². The largest absolute Gasteiger partial charge is 0.357 e. The van der Waals surface area contributed by atoms with Crippen LogP contribution in [0.25, 0.3) is 0 Å². The predicted molar refractivity (Wildman–Crippen MR) is 120 cm³/mol. The van der Waals surface area contributed by atoms with E-state index in [1.54, 1.807) is 0 Å². The van der Waals surface area contributed by atoms with Crippen molar-refractivity contribution in [2.75, 3.05) is 65.7 Å². The maximum Gasteiger partial charge on any atom is 0.191 e. The van der Waals surface area contributed by atoms with Crippen LogP contribution >= 0.6 is 35.7 Å². The van der Waals surface area contributed by atoms with E-state index >= 15 is 0 Å². The van der Waals surface area contributed by atoms with Gasteiger partial charge >= 0.3 is 0 Å². The molecule has 0 bridgehead atoms. The van der Waals surface area contributed by atoms with Crippen LogP contribution in [0.5, 0.6) is 0 Å². The highest BCUT2D eigenvalue weighted by Gasteiger charge is 2.15. The Morgan fingerprint density at radius 3 is 2.58 bits per heavy atom. The molecule has 0 aromatic rings. The topological polar surface area (TPSA) is 42.9 Å². The SMILES string of the molecule is CCNC(=NCC(C)(C)SC)NCCCN1CCCN(C)CC1.I. The van der Waals surface area contributed by atoms with Gasteiger partial charge in [-0.15, -0.1) is 24.0 Å². The summed E-state index contributed by atoms with van der Waals surface area (Å²) in [5, 5.41) is 6.82. The van der Waals surface area contributed by atoms with Gasteiger partial charge in [-0.25, -0.2) is 0 Å². The molecule has 0 unspecified atom stereocenters. The Morgan fingerprint density at radius 1 is 1.17 bits per heavy atom. The van der Waals surface area contributed by atoms with Crippen LogP contribution < -0.4 is 10.6 Å². The first-order chi connectivity index (χ1) is 11.0. The molecule has 144 valence electrons. The Hall–Kier alpha value is 0.270. The van der Waals surface area contributed by atoms with Crippen molar-refractivity contribution in [3.05, 3.63) is 0 Å². The van der Waals surface area contributed by atoms with Gasteiger partial charge in [-0.3, -0.25) is 4.99 Å². The van der Waals surface area contributed by atoms with E-state index in [4.69, 9.17) is 4.99 Å². The molecule has 0 atom stereocenters. The lowest BCUT2D eigenvalue weighted by Crippen LogP contribution is -2.40. The summed E-state index contributed by atoms with van der Waals surface area (Å²) in [5.41, 5.74) is 0. The summed E-state index contributed by atoms with van der Waals surface area (Å²) in [6.07, 6.45) is 4.60. The summed E-state index contributed by atoms with van der Waals surface area (Å²) in [6, 6.07) is 0. The normalized spacial score (nSPS) is 18.0. The van der Waals surface area contributed by atoms with Gasteiger partial charge in [0.05, 0.1) is 6.54 Å². The fraction of sp³-hybridized carbons (Fsp3) is 0.941. The molecule has 1 saturated heterocycles. The third-order valence-corrected chi connectivity index (χ3v) is 5.50. The highest BCUT2D eigenvalue weighted by molar-refractivity contribution is 14.0. The first-order valence-corrected chi connectivity index (χ1v) is 10.2. The van der Waals surface area contributed by atoms with Crippen molar-refractivity contribution in [1.82, 2.24) is 20.4 Å². The third-order valence-electron chi connectivity index (χ3n) is 4.27. The molecular formula is C17H38IN5S. The summed E-state index contributed by atoms with van der Waals surface area (Å²) in [7, 11) is 2.22. The molecule has 7 heteroatoms. The number of aliphatic imine (C=N–C) groups is 1. The lowest BCUT2D eigenvalue weighted by molar-refractivity contribution is 0.274. The summed E-state index contributed by atoms with van der Waals surface area (Å²) >= 11 is 1.86. The quantitative estimate of drug-likeness (QED) is 0.246. The molecule has 2 N–H and O–H groups in total. The van der Waals surface area contributed by atoms with Gasteiger partial charge in [0.1, 0.15) is 0 Å². The molecule has 5 nitrogen and oxygen atoms in total. The fourth-order valence-electron chi connectivity index (χ4n) is 2.51. The Labute approximate surface area is 170 Å². The van der Waals surface area contributed by atoms with Crippen LogP contribution in [-0.2, 0) is 0 Å². The van der Waals surface area contributed by atoms with Gasteiger partial charge in [0, 0.05) is 30.9 Å². The fourth-order valence-corrected chi connectivity index (χ4v) is 2.70. The number of likely N-dealkylation sites (N-methyl/N-ethyl adjacent to an activating group) is 1. The van der Waals surface area contributed by atoms with Crippen LogP contribution in [0.15, 0.2) is 4.99 Å². The average Bonchev–Trinajstić information content (AvgIpc) is 2.73. The van der Waals surface area contributed by atoms with E-state index in [-0.39, 0.29) is 28.7 Å². The number of hydrogen-bond acceptors (Lipinski definition) is 4. The van der Waals surface area contributed by atoms with Gasteiger partial charge in [-0.05, 0) is 66.6 Å². The lowest BCUT2D eigenvalue weighted by atomic mass is 10.2. The highest BCUT2D eigenvalue weighted by Crippen LogP contribution is 2.20. The Balaban J connectivity index is 0.00000529. The molecule has 1 aliphatic heterocycles. The molecule has 24 heavy (non-hydrogen) atoms. The molecule has 0 spiro atoms. The molecule has 0 radical (unpaired) electrons. The standard InChI is InChI=1S/C17H37N5S.HI/c1-6-18-16(20-15-17(2,3)23-5)19-9-7-11-22-12-8-10-21(4)13-14-22;/h6-15H2,1-5H3,(H2,18,19,20);1H. The Bertz CT molecular complexity index is 352. The van der Waals surface area contributed by atoms with Crippen molar-refractivity contribution in [3.8, 4) is 0 Å². The van der Waals surface area contributed by atoms with Crippen molar-refractivity contribution in [3.63, 3.8) is 0 Å². The molecule has 0 amide bonds. The van der Waals surface area contributed by atoms with Crippen molar-refractivity contribution in [1.29, 1.82) is 0 Å². The molecular weight excluding hydrogens is 433 g/mol. The lowest BCUT2D eigenvalue weighted by Gasteiger charge is -2.21. The smallest absolute Gasteiger partial charge is 0.191 e. The number of halogens is 1. The minimum absolute atomic E-state index is 0. The molecule has 0 aromatic heterocycles. The van der Waals surface area contributed by atoms with Crippen LogP contribution in [0, 0.1) is 0 Å². The minimum Gasteiger partial charge on any atom is -0.357 e. The van der Waals surface area contributed by atoms with E-state index in [9.17, 15) is 0 Å². The Morgan fingerprint density at radius 2 is 1.92 bits per heavy atom. The second-order valence-corrected chi connectivity index (χ2v) is 8.45. The van der Waals surface area contributed by atoms with Crippen molar-refractivity contribution >= 4 is 41.7 Å². The summed E-state index contributed by atoms with van der Waals surface area (Å²) in [5.74, 6) is 0.949. The maximum absolute atomic E-state index is 4.72. The average molecular weight is 471 g/mol. The van der Waals surface area contributed by atoms with Crippen molar-refractivity contribution in [2.45, 2.75) is 38.4 Å². The predicted octanol–water partition coefficient (Wildman–Crippen LogP) is 2.33. The van der Waals surface area contributed by atoms with E-state index in [0.717, 1.165) is 25.6 Å². The van der Waals surface area contributed by atoms with E-state index in [2.05, 4.69) is 54.5 Å². The van der Waals surface area contributed by atoms with E-state index in [1.807, 2.05) is 11.8 Å².